The summed E-state index contributed by atoms with van der Waals surface area (Å²) in [7, 11) is 0. The van der Waals surface area contributed by atoms with Gasteiger partial charge in [0.15, 0.2) is 0 Å². The van der Waals surface area contributed by atoms with Crippen molar-refractivity contribution < 1.29 is 0 Å². The first kappa shape index (κ1) is 28.6. The molecule has 4 aromatic carbocycles. The molecular weight excluding hydrogens is 613 g/mol. The van der Waals surface area contributed by atoms with Crippen molar-refractivity contribution in [3.05, 3.63) is 156 Å². The minimum Gasteiger partial charge on any atom is -0.313 e. The van der Waals surface area contributed by atoms with E-state index in [9.17, 15) is 0 Å². The van der Waals surface area contributed by atoms with Gasteiger partial charge in [-0.2, -0.15) is 0 Å². The molecule has 0 aliphatic heterocycles. The van der Waals surface area contributed by atoms with Crippen LogP contribution in [0.5, 0.6) is 0 Å². The van der Waals surface area contributed by atoms with Crippen LogP contribution in [0.2, 0.25) is 0 Å². The van der Waals surface area contributed by atoms with Crippen molar-refractivity contribution in [3.63, 3.8) is 0 Å². The van der Waals surface area contributed by atoms with Gasteiger partial charge in [0.1, 0.15) is 11.3 Å². The number of benzene rings is 4. The Morgan fingerprint density at radius 1 is 0.420 bits per heavy atom. The van der Waals surface area contributed by atoms with Crippen LogP contribution in [0.1, 0.15) is 22.5 Å². The van der Waals surface area contributed by atoms with Gasteiger partial charge in [0.05, 0.1) is 22.4 Å². The largest absolute Gasteiger partial charge is 0.313 e. The van der Waals surface area contributed by atoms with Gasteiger partial charge in [-0.15, -0.1) is 0 Å². The van der Waals surface area contributed by atoms with Gasteiger partial charge >= 0.3 is 0 Å². The Kier molecular flexibility index (Phi) is 6.03. The molecule has 0 saturated carbocycles. The van der Waals surface area contributed by atoms with Crippen LogP contribution in [0.3, 0.4) is 0 Å². The molecule has 0 amide bonds. The fourth-order valence-corrected chi connectivity index (χ4v) is 7.88. The summed E-state index contributed by atoms with van der Waals surface area (Å²) in [6, 6.07) is 39.1. The molecule has 0 aliphatic rings. The second-order valence-electron chi connectivity index (χ2n) is 13.4. The van der Waals surface area contributed by atoms with Crippen LogP contribution in [0.4, 0.5) is 0 Å². The maximum Gasteiger partial charge on any atom is 0.137 e. The minimum atomic E-state index is 0.949. The van der Waals surface area contributed by atoms with Crippen molar-refractivity contribution in [2.24, 2.45) is 0 Å². The molecule has 240 valence electrons. The lowest BCUT2D eigenvalue weighted by molar-refractivity contribution is 1.04. The predicted octanol–water partition coefficient (Wildman–Crippen LogP) is 10.6. The summed E-state index contributed by atoms with van der Waals surface area (Å²) in [6.07, 6.45) is 8.26. The molecule has 0 saturated heterocycles. The van der Waals surface area contributed by atoms with Gasteiger partial charge in [-0.05, 0) is 87.4 Å². The Hall–Kier alpha value is -6.40. The normalized spacial score (nSPS) is 12.0. The van der Waals surface area contributed by atoms with Crippen molar-refractivity contribution in [2.45, 2.75) is 27.7 Å². The summed E-state index contributed by atoms with van der Waals surface area (Å²) in [5, 5.41) is 5.05. The zero-order chi connectivity index (χ0) is 33.7. The van der Waals surface area contributed by atoms with Gasteiger partial charge in [0.25, 0.3) is 0 Å². The number of hydrogen-bond donors (Lipinski definition) is 0. The minimum absolute atomic E-state index is 0.949. The standard InChI is InChI=1S/C44H34N6/c1-27-29(3)49(33-15-11-31(12-16-33)39-25-47-23-7-5-9-41(47)45-39)43-35(27)19-21-38-37(43)22-20-36-28(2)30(4)50(44(36)38)34-17-13-32(14-18-34)40-26-48-24-8-6-10-42(48)46-40/h5-26H,1-4H3. The van der Waals surface area contributed by atoms with Gasteiger partial charge in [0, 0.05) is 80.2 Å². The molecule has 0 radical (unpaired) electrons. The topological polar surface area (TPSA) is 44.5 Å². The first-order valence-electron chi connectivity index (χ1n) is 17.1. The third-order valence-electron chi connectivity index (χ3n) is 10.7. The Labute approximate surface area is 289 Å². The van der Waals surface area contributed by atoms with Crippen molar-refractivity contribution in [1.29, 1.82) is 0 Å². The highest BCUT2D eigenvalue weighted by molar-refractivity contribution is 6.17. The smallest absolute Gasteiger partial charge is 0.137 e. The molecule has 0 bridgehead atoms. The Balaban J connectivity index is 1.13. The highest BCUT2D eigenvalue weighted by Gasteiger charge is 2.20. The fraction of sp³-hybridized carbons (Fsp3) is 0.0909. The van der Waals surface area contributed by atoms with E-state index in [2.05, 4.69) is 131 Å². The Bertz CT molecular complexity index is 2680. The number of imidazole rings is 2. The molecule has 6 nitrogen and oxygen atoms in total. The lowest BCUT2D eigenvalue weighted by Crippen LogP contribution is -1.99. The van der Waals surface area contributed by atoms with Crippen LogP contribution >= 0.6 is 0 Å². The molecule has 50 heavy (non-hydrogen) atoms. The van der Waals surface area contributed by atoms with Crippen molar-refractivity contribution in [3.8, 4) is 33.9 Å². The Morgan fingerprint density at radius 3 is 1.22 bits per heavy atom. The van der Waals surface area contributed by atoms with Crippen molar-refractivity contribution >= 4 is 43.9 Å². The van der Waals surface area contributed by atoms with E-state index in [1.165, 1.54) is 55.1 Å². The fourth-order valence-electron chi connectivity index (χ4n) is 7.88. The summed E-state index contributed by atoms with van der Waals surface area (Å²) in [4.78, 5) is 9.70. The van der Waals surface area contributed by atoms with E-state index < -0.39 is 0 Å². The summed E-state index contributed by atoms with van der Waals surface area (Å²) < 4.78 is 9.00. The number of aromatic nitrogens is 6. The lowest BCUT2D eigenvalue weighted by atomic mass is 10.0. The van der Waals surface area contributed by atoms with E-state index >= 15 is 0 Å². The second-order valence-corrected chi connectivity index (χ2v) is 13.4. The number of hydrogen-bond acceptors (Lipinski definition) is 2. The quantitative estimate of drug-likeness (QED) is 0.191. The van der Waals surface area contributed by atoms with Crippen LogP contribution < -0.4 is 0 Å². The number of nitrogens with zero attached hydrogens (tertiary/aromatic N) is 6. The van der Waals surface area contributed by atoms with E-state index in [1.54, 1.807) is 0 Å². The molecule has 10 aromatic rings. The summed E-state index contributed by atoms with van der Waals surface area (Å²) in [5.74, 6) is 0. The molecule has 0 atom stereocenters. The third kappa shape index (κ3) is 4.08. The molecule has 0 N–H and O–H groups in total. The molecule has 0 unspecified atom stereocenters. The van der Waals surface area contributed by atoms with E-state index in [-0.39, 0.29) is 0 Å². The SMILES string of the molecule is Cc1c(C)n(-c2ccc(-c3cn4ccccc4n3)cc2)c2c1ccc1c2ccc2c(C)c(C)n(-c3ccc(-c4cn5ccccc5n4)cc3)c21. The first-order chi connectivity index (χ1) is 24.4. The van der Waals surface area contributed by atoms with Gasteiger partial charge in [-0.1, -0.05) is 60.7 Å². The van der Waals surface area contributed by atoms with E-state index in [0.717, 1.165) is 45.2 Å². The molecule has 6 aromatic heterocycles. The molecule has 0 aliphatic carbocycles. The highest BCUT2D eigenvalue weighted by Crippen LogP contribution is 2.40. The van der Waals surface area contributed by atoms with Crippen LogP contribution in [0.15, 0.2) is 134 Å². The average Bonchev–Trinajstić information content (AvgIpc) is 3.91. The monoisotopic (exact) mass is 646 g/mol. The zero-order valence-corrected chi connectivity index (χ0v) is 28.4. The number of rotatable bonds is 4. The summed E-state index contributed by atoms with van der Waals surface area (Å²) >= 11 is 0. The average molecular weight is 647 g/mol. The first-order valence-corrected chi connectivity index (χ1v) is 17.1. The summed E-state index contributed by atoms with van der Waals surface area (Å²) in [6.45, 7) is 8.95. The highest BCUT2D eigenvalue weighted by atomic mass is 15.0. The summed E-state index contributed by atoms with van der Waals surface area (Å²) in [5.41, 5.74) is 15.9. The van der Waals surface area contributed by atoms with Crippen molar-refractivity contribution in [2.75, 3.05) is 0 Å². The van der Waals surface area contributed by atoms with Gasteiger partial charge in [-0.25, -0.2) is 9.97 Å². The van der Waals surface area contributed by atoms with E-state index in [4.69, 9.17) is 9.97 Å². The molecule has 0 spiro atoms. The number of aryl methyl sites for hydroxylation is 2. The predicted molar refractivity (Wildman–Crippen MR) is 205 cm³/mol. The number of fused-ring (bicyclic) bond motifs is 7. The zero-order valence-electron chi connectivity index (χ0n) is 28.4. The molecule has 6 heteroatoms. The third-order valence-corrected chi connectivity index (χ3v) is 10.7. The maximum atomic E-state index is 4.85. The van der Waals surface area contributed by atoms with Crippen LogP contribution in [-0.2, 0) is 0 Å². The number of pyridine rings is 2. The van der Waals surface area contributed by atoms with Crippen LogP contribution in [0, 0.1) is 27.7 Å². The van der Waals surface area contributed by atoms with Gasteiger partial charge in [-0.3, -0.25) is 0 Å². The molecule has 10 rings (SSSR count). The maximum absolute atomic E-state index is 4.85. The second kappa shape index (κ2) is 10.5. The van der Waals surface area contributed by atoms with E-state index in [1.807, 2.05) is 48.8 Å². The molecule has 6 heterocycles. The van der Waals surface area contributed by atoms with Crippen LogP contribution in [0.25, 0.3) is 77.8 Å². The lowest BCUT2D eigenvalue weighted by Gasteiger charge is -2.14. The molecular formula is C44H34N6. The molecule has 0 fully saturated rings. The van der Waals surface area contributed by atoms with Crippen LogP contribution in [-0.4, -0.2) is 27.9 Å². The van der Waals surface area contributed by atoms with Crippen molar-refractivity contribution in [1.82, 2.24) is 27.9 Å². The Morgan fingerprint density at radius 2 is 0.820 bits per heavy atom. The van der Waals surface area contributed by atoms with E-state index in [0.29, 0.717) is 0 Å². The van der Waals surface area contributed by atoms with Gasteiger partial charge in [0.2, 0.25) is 0 Å². The van der Waals surface area contributed by atoms with Gasteiger partial charge < -0.3 is 17.9 Å².